The maximum atomic E-state index is 14.3. The van der Waals surface area contributed by atoms with E-state index in [9.17, 15) is 22.4 Å². The number of fused-ring (bicyclic) bond motifs is 1. The van der Waals surface area contributed by atoms with Gasteiger partial charge in [0.25, 0.3) is 0 Å². The van der Waals surface area contributed by atoms with E-state index in [0.29, 0.717) is 23.4 Å². The Labute approximate surface area is 218 Å². The minimum atomic E-state index is -5.08. The summed E-state index contributed by atoms with van der Waals surface area (Å²) in [5, 5.41) is 19.7. The fraction of sp³-hybridized carbons (Fsp3) is 0.115. The highest BCUT2D eigenvalue weighted by Gasteiger charge is 2.38. The Kier molecular flexibility index (Phi) is 7.85. The maximum Gasteiger partial charge on any atom is 0.490 e. The number of halogens is 4. The lowest BCUT2D eigenvalue weighted by Crippen LogP contribution is -2.31. The number of hydrogen-bond acceptors (Lipinski definition) is 5. The van der Waals surface area contributed by atoms with Crippen LogP contribution in [0.1, 0.15) is 29.3 Å². The number of carbonyl (C=O) groups is 2. The minimum Gasteiger partial charge on any atom is -0.475 e. The average molecular weight is 538 g/mol. The second-order valence-corrected chi connectivity index (χ2v) is 7.92. The number of aliphatic carboxylic acids is 1. The normalized spacial score (nSPS) is 14.3. The Morgan fingerprint density at radius 3 is 2.51 bits per heavy atom. The summed E-state index contributed by atoms with van der Waals surface area (Å²) < 4.78 is 47.7. The van der Waals surface area contributed by atoms with Crippen LogP contribution < -0.4 is 5.32 Å². The zero-order valence-corrected chi connectivity index (χ0v) is 19.8. The molecule has 0 bridgehead atoms. The van der Waals surface area contributed by atoms with E-state index >= 15 is 0 Å². The lowest BCUT2D eigenvalue weighted by Gasteiger charge is -2.22. The van der Waals surface area contributed by atoms with Gasteiger partial charge in [-0.3, -0.25) is 0 Å². The summed E-state index contributed by atoms with van der Waals surface area (Å²) >= 11 is 0. The first-order valence-corrected chi connectivity index (χ1v) is 11.2. The van der Waals surface area contributed by atoms with E-state index < -0.39 is 24.0 Å². The molecule has 2 amide bonds. The average Bonchev–Trinajstić information content (AvgIpc) is 3.57. The van der Waals surface area contributed by atoms with Gasteiger partial charge in [0.1, 0.15) is 11.5 Å². The number of alkyl halides is 3. The van der Waals surface area contributed by atoms with Crippen LogP contribution >= 0.6 is 0 Å². The minimum absolute atomic E-state index is 0.151. The first-order chi connectivity index (χ1) is 18.6. The Balaban J connectivity index is 0.000000448. The zero-order chi connectivity index (χ0) is 28.0. The summed E-state index contributed by atoms with van der Waals surface area (Å²) in [5.74, 6) is 2.45. The number of urea groups is 1. The summed E-state index contributed by atoms with van der Waals surface area (Å²) in [4.78, 5) is 25.9. The van der Waals surface area contributed by atoms with Crippen LogP contribution in [-0.4, -0.2) is 49.1 Å². The van der Waals surface area contributed by atoms with Crippen molar-refractivity contribution in [1.29, 1.82) is 0 Å². The quantitative estimate of drug-likeness (QED) is 0.280. The number of benzene rings is 2. The van der Waals surface area contributed by atoms with Gasteiger partial charge in [-0.25, -0.2) is 28.5 Å². The van der Waals surface area contributed by atoms with Gasteiger partial charge in [-0.1, -0.05) is 36.3 Å². The molecule has 1 aliphatic rings. The summed E-state index contributed by atoms with van der Waals surface area (Å²) in [6.07, 6.45) is 0.460. The summed E-state index contributed by atoms with van der Waals surface area (Å²) in [5.41, 5.74) is 2.75. The fourth-order valence-electron chi connectivity index (χ4n) is 3.49. The lowest BCUT2D eigenvalue weighted by atomic mass is 10.1. The Morgan fingerprint density at radius 1 is 1.05 bits per heavy atom. The van der Waals surface area contributed by atoms with E-state index in [1.54, 1.807) is 35.3 Å². The van der Waals surface area contributed by atoms with Crippen LogP contribution in [0, 0.1) is 17.7 Å². The number of aromatic nitrogens is 3. The van der Waals surface area contributed by atoms with Crippen LogP contribution in [0.5, 0.6) is 0 Å². The van der Waals surface area contributed by atoms with Crippen molar-refractivity contribution >= 4 is 29.5 Å². The van der Waals surface area contributed by atoms with E-state index in [0.717, 1.165) is 5.56 Å². The molecular formula is C26H18F4N6O3. The zero-order valence-electron chi connectivity index (χ0n) is 19.8. The molecule has 4 aromatic rings. The number of carboxylic acid groups (broad SMARTS) is 1. The molecule has 0 aliphatic carbocycles. The fourth-order valence-corrected chi connectivity index (χ4v) is 3.49. The molecule has 9 nitrogen and oxygen atoms in total. The maximum absolute atomic E-state index is 14.3. The van der Waals surface area contributed by atoms with E-state index in [1.807, 2.05) is 30.3 Å². The van der Waals surface area contributed by atoms with Gasteiger partial charge < -0.3 is 10.4 Å². The molecule has 0 saturated heterocycles. The van der Waals surface area contributed by atoms with Crippen LogP contribution in [0.2, 0.25) is 0 Å². The monoisotopic (exact) mass is 538 g/mol. The van der Waals surface area contributed by atoms with Gasteiger partial charge >= 0.3 is 18.2 Å². The highest BCUT2D eigenvalue weighted by atomic mass is 19.4. The first-order valence-electron chi connectivity index (χ1n) is 11.2. The molecule has 3 heterocycles. The third-order valence-corrected chi connectivity index (χ3v) is 5.29. The molecule has 2 N–H and O–H groups in total. The van der Waals surface area contributed by atoms with Gasteiger partial charge in [0.05, 0.1) is 17.8 Å². The van der Waals surface area contributed by atoms with Crippen LogP contribution in [-0.2, 0) is 4.79 Å². The van der Waals surface area contributed by atoms with Gasteiger partial charge in [0.2, 0.25) is 0 Å². The van der Waals surface area contributed by atoms with Gasteiger partial charge in [-0.05, 0) is 41.8 Å². The third kappa shape index (κ3) is 6.55. The van der Waals surface area contributed by atoms with Crippen molar-refractivity contribution in [3.05, 3.63) is 95.7 Å². The van der Waals surface area contributed by atoms with Crippen molar-refractivity contribution in [3.63, 3.8) is 0 Å². The lowest BCUT2D eigenvalue weighted by molar-refractivity contribution is -0.192. The largest absolute Gasteiger partial charge is 0.490 e. The standard InChI is InChI=1S/C24H17FN6O.C2HF3O2/c25-21-11-9-19(15-18(21)8-10-20-16-26-23-7-4-13-27-30(20)23)29-24(32)31-22(12-14-28-31)17-5-2-1-3-6-17;3-2(4,5)1(6)7/h1-7,9,11,13-16,22H,12H2,(H,29,32);(H,6,7)/t22-;/m0./s1. The van der Waals surface area contributed by atoms with E-state index in [-0.39, 0.29) is 11.6 Å². The number of rotatable bonds is 2. The van der Waals surface area contributed by atoms with Crippen molar-refractivity contribution < 1.29 is 32.3 Å². The number of nitrogens with zero attached hydrogens (tertiary/aromatic N) is 5. The Hall–Kier alpha value is -5.25. The number of carbonyl (C=O) groups excluding carboxylic acids is 1. The predicted octanol–water partition coefficient (Wildman–Crippen LogP) is 4.87. The van der Waals surface area contributed by atoms with E-state index in [2.05, 4.69) is 32.3 Å². The molecule has 2 aromatic carbocycles. The third-order valence-electron chi connectivity index (χ3n) is 5.29. The van der Waals surface area contributed by atoms with Crippen molar-refractivity contribution in [2.45, 2.75) is 18.6 Å². The number of hydrogen-bond donors (Lipinski definition) is 2. The SMILES string of the molecule is O=C(Nc1ccc(F)c(C#Cc2cnc3cccnn23)c1)N1N=CC[C@H]1c1ccccc1.O=C(O)C(F)(F)F. The van der Waals surface area contributed by atoms with Crippen LogP contribution in [0.3, 0.4) is 0 Å². The van der Waals surface area contributed by atoms with Crippen LogP contribution in [0.25, 0.3) is 5.65 Å². The number of carboxylic acids is 1. The van der Waals surface area contributed by atoms with Gasteiger partial charge in [0, 0.05) is 24.5 Å². The second-order valence-electron chi connectivity index (χ2n) is 7.92. The molecule has 13 heteroatoms. The number of amides is 2. The predicted molar refractivity (Wildman–Crippen MR) is 132 cm³/mol. The van der Waals surface area contributed by atoms with E-state index in [4.69, 9.17) is 9.90 Å². The molecule has 1 aliphatic heterocycles. The van der Waals surface area contributed by atoms with E-state index in [1.165, 1.54) is 23.2 Å². The molecule has 39 heavy (non-hydrogen) atoms. The molecule has 0 radical (unpaired) electrons. The summed E-state index contributed by atoms with van der Waals surface area (Å²) in [7, 11) is 0. The molecule has 0 spiro atoms. The molecule has 0 unspecified atom stereocenters. The molecule has 5 rings (SSSR count). The number of hydrazone groups is 1. The van der Waals surface area contributed by atoms with Crippen LogP contribution in [0.15, 0.2) is 78.2 Å². The smallest absolute Gasteiger partial charge is 0.475 e. The summed E-state index contributed by atoms with van der Waals surface area (Å²) in [6.45, 7) is 0. The molecule has 0 saturated carbocycles. The second kappa shape index (κ2) is 11.4. The van der Waals surface area contributed by atoms with Gasteiger partial charge in [0.15, 0.2) is 5.65 Å². The molecule has 0 fully saturated rings. The Morgan fingerprint density at radius 2 is 1.79 bits per heavy atom. The Bertz CT molecular complexity index is 1590. The number of anilines is 1. The van der Waals surface area contributed by atoms with Crippen molar-refractivity contribution in [2.75, 3.05) is 5.32 Å². The van der Waals surface area contributed by atoms with Crippen molar-refractivity contribution in [3.8, 4) is 11.8 Å². The van der Waals surface area contributed by atoms with Gasteiger partial charge in [-0.15, -0.1) is 0 Å². The molecule has 2 aromatic heterocycles. The first kappa shape index (κ1) is 26.8. The molecular weight excluding hydrogens is 520 g/mol. The highest BCUT2D eigenvalue weighted by Crippen LogP contribution is 2.28. The molecule has 1 atom stereocenters. The van der Waals surface area contributed by atoms with Crippen molar-refractivity contribution in [2.24, 2.45) is 5.10 Å². The number of nitrogens with one attached hydrogen (secondary N) is 1. The summed E-state index contributed by atoms with van der Waals surface area (Å²) in [6, 6.07) is 16.9. The highest BCUT2D eigenvalue weighted by molar-refractivity contribution is 5.91. The van der Waals surface area contributed by atoms with Crippen molar-refractivity contribution in [1.82, 2.24) is 19.6 Å². The topological polar surface area (TPSA) is 112 Å². The molecule has 198 valence electrons. The number of imidazole rings is 1. The van der Waals surface area contributed by atoms with Crippen LogP contribution in [0.4, 0.5) is 28.0 Å². The van der Waals surface area contributed by atoms with Gasteiger partial charge in [-0.2, -0.15) is 23.4 Å².